The fourth-order valence-corrected chi connectivity index (χ4v) is 17.9. The van der Waals surface area contributed by atoms with E-state index in [1.807, 2.05) is 179 Å². The van der Waals surface area contributed by atoms with Crippen LogP contribution >= 0.6 is 69.0 Å². The Morgan fingerprint density at radius 1 is 0.448 bits per heavy atom. The van der Waals surface area contributed by atoms with Crippen LogP contribution in [0.5, 0.6) is 46.0 Å². The molecule has 0 saturated carbocycles. The predicted octanol–water partition coefficient (Wildman–Crippen LogP) is 28.0. The van der Waals surface area contributed by atoms with Gasteiger partial charge in [0.15, 0.2) is 62.5 Å². The van der Waals surface area contributed by atoms with E-state index in [4.69, 9.17) is 94.8 Å². The van der Waals surface area contributed by atoms with Gasteiger partial charge >= 0.3 is 0 Å². The molecule has 0 amide bonds. The first kappa shape index (κ1) is 104. The van der Waals surface area contributed by atoms with E-state index < -0.39 is 28.7 Å². The molecule has 25 heteroatoms. The lowest BCUT2D eigenvalue weighted by molar-refractivity contribution is 0.111. The Bertz CT molecular complexity index is 5780. The second-order valence-corrected chi connectivity index (χ2v) is 45.2. The molecule has 0 aliphatic rings. The molecule has 0 spiro atoms. The van der Waals surface area contributed by atoms with Gasteiger partial charge in [-0.15, -0.1) is 0 Å². The molecule has 0 aliphatic carbocycles. The van der Waals surface area contributed by atoms with E-state index in [1.165, 1.54) is 39.8 Å². The normalized spacial score (nSPS) is 12.3. The third kappa shape index (κ3) is 26.9. The number of phenolic OH excluding ortho intramolecular Hbond substituents is 1. The van der Waals surface area contributed by atoms with Crippen molar-refractivity contribution in [2.75, 3.05) is 28.4 Å². The zero-order valence-corrected chi connectivity index (χ0v) is 79.2. The topological polar surface area (TPSA) is 224 Å². The predicted molar refractivity (Wildman–Crippen MR) is 529 cm³/mol. The van der Waals surface area contributed by atoms with Gasteiger partial charge in [0.25, 0.3) is 0 Å². The number of halogens is 5. The van der Waals surface area contributed by atoms with Crippen LogP contribution < -0.4 is 33.2 Å². The lowest BCUT2D eigenvalue weighted by Gasteiger charge is -2.38. The number of rotatable bonds is 22. The van der Waals surface area contributed by atoms with E-state index in [1.54, 1.807) is 64.8 Å². The summed E-state index contributed by atoms with van der Waals surface area (Å²) in [6, 6.07) is 63.2. The number of hydrogen-bond donors (Lipinski definition) is 4. The van der Waals surface area contributed by atoms with E-state index in [-0.39, 0.29) is 51.4 Å². The molecule has 0 saturated heterocycles. The number of nitrogens with one attached hydrogen (secondary N) is 1. The van der Waals surface area contributed by atoms with Crippen molar-refractivity contribution >= 4 is 131 Å². The Morgan fingerprint density at radius 2 is 0.816 bits per heavy atom. The zero-order valence-electron chi connectivity index (χ0n) is 72.0. The van der Waals surface area contributed by atoms with Crippen LogP contribution in [0.4, 0.5) is 0 Å². The summed E-state index contributed by atoms with van der Waals surface area (Å²) in [5, 5.41) is 36.3. The summed E-state index contributed by atoms with van der Waals surface area (Å²) in [7, 11) is 2.71. The molecule has 6 heterocycles. The van der Waals surface area contributed by atoms with Gasteiger partial charge in [-0.25, -0.2) is 15.0 Å². The number of ether oxygens (including phenoxy) is 7. The van der Waals surface area contributed by atoms with Crippen molar-refractivity contribution in [2.24, 2.45) is 0 Å². The van der Waals surface area contributed by atoms with Gasteiger partial charge in [-0.05, 0) is 251 Å². The lowest BCUT2D eigenvalue weighted by atomic mass is 10.0. The first-order valence-corrected chi connectivity index (χ1v) is 48.1. The molecule has 5 atom stereocenters. The van der Waals surface area contributed by atoms with Crippen LogP contribution in [-0.4, -0.2) is 101 Å². The first-order valence-electron chi connectivity index (χ1n) is 39.6. The summed E-state index contributed by atoms with van der Waals surface area (Å²) in [6.07, 6.45) is 12.4. The third-order valence-corrected chi connectivity index (χ3v) is 34.2. The fraction of sp³-hybridized carbons (Fsp3) is 0.290. The molecule has 14 aromatic rings. The monoisotopic (exact) mass is 1920 g/mol. The van der Waals surface area contributed by atoms with Crippen molar-refractivity contribution in [1.82, 2.24) is 28.4 Å². The van der Waals surface area contributed by atoms with Gasteiger partial charge in [0.1, 0.15) is 53.9 Å². The molecule has 18 nitrogen and oxygen atoms in total. The summed E-state index contributed by atoms with van der Waals surface area (Å²) in [4.78, 5) is 37.9. The minimum Gasteiger partial charge on any atom is -0.504 e. The number of aromatic nitrogens is 6. The van der Waals surface area contributed by atoms with Crippen LogP contribution in [0.15, 0.2) is 243 Å². The van der Waals surface area contributed by atoms with Crippen LogP contribution in [0.25, 0.3) is 33.1 Å². The SMILES string of the molecule is C.C.C.CC(C)(C)[Si](C)(C)n1cc(I)c2cccnc21.CC(O)c1ccc(Cl)cc1.COc1cc(C(O)c2cn([Si](C)(C)C(C)(C)C)c3ncccc23)ccc1OC(C)c1ccc(Cl)cc1.COc1cc(C=O)ccc1O.COc1cc(C=O)ccc1OC(C)c1ccc(Cl)cc1.COc1cc(Cc2c[nH]c3ncccc23)ccc1OC(C)c1ccc(Cl)cc1. The second-order valence-electron chi connectivity index (χ2n) is 32.1. The second kappa shape index (κ2) is 46.9. The van der Waals surface area contributed by atoms with E-state index in [0.717, 1.165) is 85.1 Å². The Labute approximate surface area is 773 Å². The number of aromatic amines is 1. The first-order chi connectivity index (χ1) is 57.9. The number of H-pyrrole nitrogens is 1. The van der Waals surface area contributed by atoms with Gasteiger partial charge in [0, 0.05) is 93.7 Å². The smallest absolute Gasteiger partial charge is 0.163 e. The van der Waals surface area contributed by atoms with E-state index in [9.17, 15) is 14.7 Å². The highest BCUT2D eigenvalue weighted by Crippen LogP contribution is 2.44. The quantitative estimate of drug-likeness (QED) is 0.0281. The number of aliphatic hydroxyl groups excluding tert-OH is 2. The maximum atomic E-state index is 11.5. The number of benzene rings is 8. The summed E-state index contributed by atoms with van der Waals surface area (Å²) < 4.78 is 45.5. The molecule has 0 bridgehead atoms. The van der Waals surface area contributed by atoms with E-state index >= 15 is 0 Å². The minimum atomic E-state index is -1.96. The largest absolute Gasteiger partial charge is 0.504 e. The highest BCUT2D eigenvalue weighted by atomic mass is 127. The van der Waals surface area contributed by atoms with Gasteiger partial charge in [0.05, 0.1) is 34.5 Å². The number of phenols is 1. The Balaban J connectivity index is 0.000000243. The van der Waals surface area contributed by atoms with Crippen LogP contribution in [0, 0.1) is 3.57 Å². The van der Waals surface area contributed by atoms with Crippen molar-refractivity contribution < 1.29 is 58.1 Å². The maximum Gasteiger partial charge on any atom is 0.163 e. The number of nitrogens with zero attached hydrogens (tertiary/aromatic N) is 5. The number of aromatic hydroxyl groups is 1. The summed E-state index contributed by atoms with van der Waals surface area (Å²) >= 11 is 25.9. The van der Waals surface area contributed by atoms with Crippen molar-refractivity contribution in [2.45, 2.75) is 165 Å². The number of methoxy groups -OCH3 is 4. The standard InChI is InChI=1S/C29H35ClN2O3Si.C23H21ClN2O2.C16H15ClO3.C13H19IN2Si.C8H9ClO.C8H8O3.3CH4/c1-19(20-10-13-22(30)14-11-20)35-25-15-12-21(17-26(25)34-5)27(33)24-18-32(36(6,7)29(2,3)4)28-23(24)9-8-16-31-28;1-15(17-6-8-19(24)9-7-17)28-21-10-5-16(13-22(21)27-2)12-18-14-26-23-20(18)4-3-11-25-23;1-11(13-4-6-14(17)7-5-13)20-15-8-3-12(10-18)9-16(15)19-2;1-13(2,3)17(4,5)16-9-11(14)10-7-6-8-15-12(10)16;1-6(10)7-2-4-8(9)5-3-7;1-11-8-4-6(5-9)2-3-7(8)10;;;/h8-19,27,33H,1-7H3;3-11,13-15H,12H2,1-2H3,(H,25,26);3-11H,1-2H3;6-9H,1-5H3;2-6,10H,1H3;2-5,10H,1H3;3*1H4. The van der Waals surface area contributed by atoms with E-state index in [2.05, 4.69) is 144 Å². The third-order valence-electron chi connectivity index (χ3n) is 21.9. The molecular weight excluding hydrogens is 1800 g/mol. The highest BCUT2D eigenvalue weighted by Gasteiger charge is 2.41. The Hall–Kier alpha value is -10.2. The molecule has 0 radical (unpaired) electrons. The average molecular weight is 1920 g/mol. The van der Waals surface area contributed by atoms with Crippen molar-refractivity contribution in [1.29, 1.82) is 0 Å². The molecule has 0 aliphatic heterocycles. The number of carbonyl (C=O) groups excluding carboxylic acids is 2. The van der Waals surface area contributed by atoms with Crippen molar-refractivity contribution in [3.63, 3.8) is 0 Å². The van der Waals surface area contributed by atoms with Gasteiger partial charge in [-0.2, -0.15) is 0 Å². The van der Waals surface area contributed by atoms with Gasteiger partial charge < -0.3 is 61.9 Å². The molecule has 664 valence electrons. The molecule has 8 aromatic carbocycles. The molecule has 4 N–H and O–H groups in total. The number of aldehydes is 2. The Morgan fingerprint density at radius 3 is 1.26 bits per heavy atom. The molecule has 125 heavy (non-hydrogen) atoms. The molecule has 0 fully saturated rings. The number of pyridine rings is 3. The van der Waals surface area contributed by atoms with Crippen LogP contribution in [-0.2, 0) is 6.42 Å². The Kier molecular flexibility index (Phi) is 38.8. The zero-order chi connectivity index (χ0) is 89.0. The maximum absolute atomic E-state index is 11.5. The van der Waals surface area contributed by atoms with Crippen LogP contribution in [0.1, 0.15) is 187 Å². The number of carbonyl (C=O) groups is 2. The molecular formula is C100H119Cl4IN6O12Si2. The van der Waals surface area contributed by atoms with Gasteiger partial charge in [-0.3, -0.25) is 9.59 Å². The number of aliphatic hydroxyl groups is 2. The summed E-state index contributed by atoms with van der Waals surface area (Å²) in [5.41, 5.74) is 11.9. The van der Waals surface area contributed by atoms with Crippen LogP contribution in [0.3, 0.4) is 0 Å². The highest BCUT2D eigenvalue weighted by molar-refractivity contribution is 14.1. The number of fused-ring (bicyclic) bond motifs is 3. The average Bonchev–Trinajstić information content (AvgIpc) is 1.61. The lowest BCUT2D eigenvalue weighted by Crippen LogP contribution is -2.45. The van der Waals surface area contributed by atoms with Crippen molar-refractivity contribution in [3.8, 4) is 46.0 Å². The number of hydrogen-bond acceptors (Lipinski definition) is 15. The molecule has 6 aromatic heterocycles. The van der Waals surface area contributed by atoms with Gasteiger partial charge in [-0.1, -0.05) is 197 Å². The van der Waals surface area contributed by atoms with Crippen LogP contribution in [0.2, 0.25) is 56.4 Å². The minimum absolute atomic E-state index is 0. The molecule has 5 unspecified atom stereocenters. The summed E-state index contributed by atoms with van der Waals surface area (Å²) in [5.74, 6) is 4.11. The van der Waals surface area contributed by atoms with Crippen molar-refractivity contribution in [3.05, 3.63) is 323 Å². The summed E-state index contributed by atoms with van der Waals surface area (Å²) in [6.45, 7) is 31.0. The molecule has 14 rings (SSSR count). The van der Waals surface area contributed by atoms with E-state index in [0.29, 0.717) is 77.0 Å². The van der Waals surface area contributed by atoms with Gasteiger partial charge in [0.2, 0.25) is 0 Å². The fourth-order valence-electron chi connectivity index (χ4n) is 12.7.